The van der Waals surface area contributed by atoms with Crippen LogP contribution >= 0.6 is 12.2 Å². The molecule has 0 fully saturated rings. The highest BCUT2D eigenvalue weighted by Gasteiger charge is 2.43. The van der Waals surface area contributed by atoms with Crippen molar-refractivity contribution < 1.29 is 4.74 Å². The first kappa shape index (κ1) is 12.9. The van der Waals surface area contributed by atoms with Crippen molar-refractivity contribution in [1.29, 1.82) is 0 Å². The molecule has 102 valence electrons. The van der Waals surface area contributed by atoms with E-state index in [0.717, 1.165) is 16.4 Å². The van der Waals surface area contributed by atoms with Crippen LogP contribution in [-0.4, -0.2) is 17.6 Å². The minimum Gasteiger partial charge on any atom is -0.488 e. The number of benzene rings is 1. The van der Waals surface area contributed by atoms with Crippen LogP contribution in [0.2, 0.25) is 0 Å². The van der Waals surface area contributed by atoms with Gasteiger partial charge in [-0.2, -0.15) is 0 Å². The molecule has 2 aliphatic rings. The summed E-state index contributed by atoms with van der Waals surface area (Å²) in [5.74, 6) is 1.34. The molecule has 0 aromatic heterocycles. The van der Waals surface area contributed by atoms with E-state index in [0.29, 0.717) is 12.5 Å². The summed E-state index contributed by atoms with van der Waals surface area (Å²) in [6.07, 6.45) is 0.0749. The highest BCUT2D eigenvalue weighted by molar-refractivity contribution is 7.80. The first-order chi connectivity index (χ1) is 8.87. The van der Waals surface area contributed by atoms with Crippen molar-refractivity contribution in [3.05, 3.63) is 22.8 Å². The fourth-order valence-electron chi connectivity index (χ4n) is 3.14. The monoisotopic (exact) mass is 276 g/mol. The molecule has 1 aromatic rings. The van der Waals surface area contributed by atoms with Gasteiger partial charge in [0.25, 0.3) is 0 Å². The lowest BCUT2D eigenvalue weighted by Gasteiger charge is -2.21. The quantitative estimate of drug-likeness (QED) is 0.774. The van der Waals surface area contributed by atoms with Gasteiger partial charge in [-0.25, -0.2) is 0 Å². The summed E-state index contributed by atoms with van der Waals surface area (Å²) in [4.78, 5) is 0.867. The molecule has 0 saturated heterocycles. The Morgan fingerprint density at radius 1 is 1.47 bits per heavy atom. The molecule has 0 unspecified atom stereocenters. The minimum absolute atomic E-state index is 0.0749. The van der Waals surface area contributed by atoms with E-state index in [1.807, 2.05) is 0 Å². The number of hydrogen-bond acceptors (Lipinski definition) is 3. The molecular formula is C15H20N2OS. The van der Waals surface area contributed by atoms with Crippen molar-refractivity contribution in [3.8, 4) is 5.75 Å². The van der Waals surface area contributed by atoms with Crippen LogP contribution in [0, 0.1) is 6.92 Å². The average molecular weight is 276 g/mol. The van der Waals surface area contributed by atoms with E-state index < -0.39 is 0 Å². The minimum atomic E-state index is -0.177. The van der Waals surface area contributed by atoms with Crippen LogP contribution in [0.5, 0.6) is 5.75 Å². The third kappa shape index (κ3) is 1.56. The number of aryl methyl sites for hydroxylation is 1. The smallest absolute Gasteiger partial charge is 0.129 e. The normalized spacial score (nSPS) is 26.7. The summed E-state index contributed by atoms with van der Waals surface area (Å²) in [5.41, 5.74) is 10.5. The Bertz CT molecular complexity index is 580. The Kier molecular flexibility index (Phi) is 2.67. The third-order valence-electron chi connectivity index (χ3n) is 4.49. The van der Waals surface area contributed by atoms with Crippen molar-refractivity contribution in [2.24, 2.45) is 5.73 Å². The van der Waals surface area contributed by atoms with Gasteiger partial charge in [-0.05, 0) is 32.4 Å². The first-order valence-corrected chi connectivity index (χ1v) is 7.15. The predicted octanol–water partition coefficient (Wildman–Crippen LogP) is 2.85. The van der Waals surface area contributed by atoms with E-state index in [-0.39, 0.29) is 11.5 Å². The molecule has 0 spiro atoms. The van der Waals surface area contributed by atoms with Crippen LogP contribution in [0.1, 0.15) is 43.4 Å². The zero-order valence-corrected chi connectivity index (χ0v) is 12.6. The number of anilines is 1. The van der Waals surface area contributed by atoms with Crippen molar-refractivity contribution in [1.82, 2.24) is 0 Å². The van der Waals surface area contributed by atoms with Crippen molar-refractivity contribution in [3.63, 3.8) is 0 Å². The number of ether oxygens (including phenoxy) is 1. The highest BCUT2D eigenvalue weighted by atomic mass is 32.1. The van der Waals surface area contributed by atoms with E-state index in [4.69, 9.17) is 22.7 Å². The first-order valence-electron chi connectivity index (χ1n) is 6.74. The van der Waals surface area contributed by atoms with Crippen LogP contribution in [0.4, 0.5) is 5.69 Å². The van der Waals surface area contributed by atoms with Crippen LogP contribution in [-0.2, 0) is 5.41 Å². The molecular weight excluding hydrogens is 256 g/mol. The molecule has 1 aromatic carbocycles. The Morgan fingerprint density at radius 2 is 2.16 bits per heavy atom. The molecule has 19 heavy (non-hydrogen) atoms. The third-order valence-corrected chi connectivity index (χ3v) is 5.10. The molecule has 2 heterocycles. The number of hydrogen-bond donors (Lipinski definition) is 2. The lowest BCUT2D eigenvalue weighted by Crippen LogP contribution is -2.28. The van der Waals surface area contributed by atoms with Gasteiger partial charge in [-0.15, -0.1) is 0 Å². The van der Waals surface area contributed by atoms with Gasteiger partial charge in [-0.3, -0.25) is 0 Å². The van der Waals surface area contributed by atoms with Gasteiger partial charge >= 0.3 is 0 Å². The van der Waals surface area contributed by atoms with E-state index in [1.54, 1.807) is 0 Å². The summed E-state index contributed by atoms with van der Waals surface area (Å²) in [6.45, 7) is 9.15. The summed E-state index contributed by atoms with van der Waals surface area (Å²) in [5, 5.41) is 3.35. The number of rotatable bonds is 1. The summed E-state index contributed by atoms with van der Waals surface area (Å²) < 4.78 is 6.13. The molecule has 3 N–H and O–H groups in total. The van der Waals surface area contributed by atoms with E-state index >= 15 is 0 Å². The van der Waals surface area contributed by atoms with Crippen molar-refractivity contribution in [2.75, 3.05) is 11.9 Å². The molecule has 2 atom stereocenters. The van der Waals surface area contributed by atoms with E-state index in [2.05, 4.69) is 39.1 Å². The maximum atomic E-state index is 6.13. The summed E-state index contributed by atoms with van der Waals surface area (Å²) in [6, 6.07) is 2.21. The van der Waals surface area contributed by atoms with Crippen molar-refractivity contribution in [2.45, 2.75) is 45.1 Å². The second-order valence-electron chi connectivity index (χ2n) is 6.12. The Morgan fingerprint density at radius 3 is 2.79 bits per heavy atom. The zero-order valence-electron chi connectivity index (χ0n) is 11.8. The Hall–Kier alpha value is -1.13. The molecule has 3 nitrogen and oxygen atoms in total. The molecule has 0 aliphatic carbocycles. The topological polar surface area (TPSA) is 47.3 Å². The van der Waals surface area contributed by atoms with Gasteiger partial charge in [0.05, 0.1) is 4.99 Å². The lowest BCUT2D eigenvalue weighted by atomic mass is 9.83. The predicted molar refractivity (Wildman–Crippen MR) is 82.3 cm³/mol. The van der Waals surface area contributed by atoms with Crippen LogP contribution in [0.25, 0.3) is 0 Å². The zero-order chi connectivity index (χ0) is 13.9. The Balaban J connectivity index is 2.26. The SMILES string of the molecule is Cc1cc2c(c3c1NC(=S)C3(C)C)O[C@@H](CN)[C@H]2C. The molecule has 3 rings (SSSR count). The Labute approximate surface area is 119 Å². The fraction of sp³-hybridized carbons (Fsp3) is 0.533. The van der Waals surface area contributed by atoms with Gasteiger partial charge in [-0.1, -0.05) is 19.1 Å². The second kappa shape index (κ2) is 3.93. The molecule has 0 radical (unpaired) electrons. The summed E-state index contributed by atoms with van der Waals surface area (Å²) >= 11 is 5.49. The van der Waals surface area contributed by atoms with Gasteiger partial charge in [0.2, 0.25) is 0 Å². The van der Waals surface area contributed by atoms with Crippen LogP contribution < -0.4 is 15.8 Å². The molecule has 0 bridgehead atoms. The lowest BCUT2D eigenvalue weighted by molar-refractivity contribution is 0.217. The van der Waals surface area contributed by atoms with Gasteiger partial charge < -0.3 is 15.8 Å². The maximum absolute atomic E-state index is 6.13. The van der Waals surface area contributed by atoms with E-state index in [9.17, 15) is 0 Å². The molecule has 2 aliphatic heterocycles. The highest BCUT2D eigenvalue weighted by Crippen LogP contribution is 2.52. The average Bonchev–Trinajstić information content (AvgIpc) is 2.78. The standard InChI is InChI=1S/C15H20N2OS/c1-7-5-9-8(2)10(6-16)18-13(9)11-12(7)17-14(19)15(11,3)4/h5,8,10H,6,16H2,1-4H3,(H,17,19)/t8-,10-/m0/s1. The van der Waals surface area contributed by atoms with Gasteiger partial charge in [0, 0.05) is 34.7 Å². The molecule has 4 heteroatoms. The second-order valence-corrected chi connectivity index (χ2v) is 6.53. The number of fused-ring (bicyclic) bond motifs is 3. The fourth-order valence-corrected chi connectivity index (χ4v) is 3.34. The van der Waals surface area contributed by atoms with Crippen molar-refractivity contribution >= 4 is 22.9 Å². The molecule has 0 saturated carbocycles. The van der Waals surface area contributed by atoms with Gasteiger partial charge in [0.15, 0.2) is 0 Å². The number of nitrogens with one attached hydrogen (secondary N) is 1. The van der Waals surface area contributed by atoms with Crippen LogP contribution in [0.15, 0.2) is 6.07 Å². The van der Waals surface area contributed by atoms with Gasteiger partial charge in [0.1, 0.15) is 11.9 Å². The summed E-state index contributed by atoms with van der Waals surface area (Å²) in [7, 11) is 0. The number of nitrogens with two attached hydrogens (primary N) is 1. The van der Waals surface area contributed by atoms with E-state index in [1.165, 1.54) is 16.7 Å². The number of thiocarbonyl (C=S) groups is 1. The van der Waals surface area contributed by atoms with Crippen LogP contribution in [0.3, 0.4) is 0 Å². The largest absolute Gasteiger partial charge is 0.488 e. The molecule has 0 amide bonds. The maximum Gasteiger partial charge on any atom is 0.129 e.